The van der Waals surface area contributed by atoms with Crippen LogP contribution in [0, 0.1) is 0 Å². The second-order valence-electron chi connectivity index (χ2n) is 4.65. The second kappa shape index (κ2) is 6.13. The van der Waals surface area contributed by atoms with E-state index in [1.807, 2.05) is 0 Å². The van der Waals surface area contributed by atoms with Gasteiger partial charge in [0.15, 0.2) is 0 Å². The molecule has 0 saturated carbocycles. The monoisotopic (exact) mass is 341 g/mol. The number of nitrogens with one attached hydrogen (secondary N) is 1. The molecule has 1 aromatic heterocycles. The minimum atomic E-state index is -3.97. The van der Waals surface area contributed by atoms with E-state index in [0.29, 0.717) is 5.56 Å². The molecule has 0 radical (unpaired) electrons. The van der Waals surface area contributed by atoms with Gasteiger partial charge in [0.25, 0.3) is 0 Å². The van der Waals surface area contributed by atoms with Crippen LogP contribution in [0.1, 0.15) is 18.5 Å². The van der Waals surface area contributed by atoms with E-state index in [1.165, 1.54) is 18.2 Å². The van der Waals surface area contributed by atoms with Gasteiger partial charge >= 0.3 is 0 Å². The van der Waals surface area contributed by atoms with E-state index < -0.39 is 26.1 Å². The third kappa shape index (κ3) is 3.89. The van der Waals surface area contributed by atoms with Crippen molar-refractivity contribution in [1.29, 1.82) is 0 Å². The van der Waals surface area contributed by atoms with Gasteiger partial charge in [0.2, 0.25) is 20.0 Å². The minimum Gasteiger partial charge on any atom is -0.264 e. The number of rotatable bonds is 5. The van der Waals surface area contributed by atoms with E-state index in [4.69, 9.17) is 5.14 Å². The van der Waals surface area contributed by atoms with Gasteiger partial charge in [-0.15, -0.1) is 0 Å². The van der Waals surface area contributed by atoms with E-state index >= 15 is 0 Å². The molecule has 3 N–H and O–H groups in total. The average Bonchev–Trinajstić information content (AvgIpc) is 2.47. The van der Waals surface area contributed by atoms with Crippen molar-refractivity contribution >= 4 is 20.0 Å². The highest BCUT2D eigenvalue weighted by Gasteiger charge is 2.20. The summed E-state index contributed by atoms with van der Waals surface area (Å²) in [4.78, 5) is 3.49. The Labute approximate surface area is 129 Å². The molecule has 0 aliphatic rings. The number of hydrogen-bond donors (Lipinski definition) is 2. The van der Waals surface area contributed by atoms with Crippen molar-refractivity contribution in [2.45, 2.75) is 22.8 Å². The molecule has 2 aromatic rings. The third-order valence-corrected chi connectivity index (χ3v) is 5.41. The van der Waals surface area contributed by atoms with Crippen molar-refractivity contribution in [3.63, 3.8) is 0 Å². The molecule has 9 heteroatoms. The summed E-state index contributed by atoms with van der Waals surface area (Å²) in [6, 6.07) is 7.79. The number of pyridine rings is 1. The molecule has 0 bridgehead atoms. The van der Waals surface area contributed by atoms with Gasteiger partial charge in [0.1, 0.15) is 0 Å². The van der Waals surface area contributed by atoms with Crippen LogP contribution in [0.2, 0.25) is 0 Å². The van der Waals surface area contributed by atoms with E-state index in [9.17, 15) is 16.8 Å². The Morgan fingerprint density at radius 1 is 1.09 bits per heavy atom. The van der Waals surface area contributed by atoms with Gasteiger partial charge in [-0.25, -0.2) is 26.7 Å². The van der Waals surface area contributed by atoms with Crippen molar-refractivity contribution in [2.75, 3.05) is 0 Å². The van der Waals surface area contributed by atoms with Crippen molar-refractivity contribution < 1.29 is 16.8 Å². The second-order valence-corrected chi connectivity index (χ2v) is 7.92. The SMILES string of the molecule is CC(NS(=O)(=O)c1cccc(S(N)(=O)=O)c1)c1cccnc1. The van der Waals surface area contributed by atoms with Crippen molar-refractivity contribution in [3.8, 4) is 0 Å². The molecule has 1 unspecified atom stereocenters. The smallest absolute Gasteiger partial charge is 0.241 e. The Morgan fingerprint density at radius 2 is 1.77 bits per heavy atom. The summed E-state index contributed by atoms with van der Waals surface area (Å²) in [6.07, 6.45) is 3.13. The number of sulfonamides is 2. The summed E-state index contributed by atoms with van der Waals surface area (Å²) >= 11 is 0. The molecule has 1 heterocycles. The van der Waals surface area contributed by atoms with Gasteiger partial charge < -0.3 is 0 Å². The van der Waals surface area contributed by atoms with Crippen molar-refractivity contribution in [2.24, 2.45) is 5.14 Å². The van der Waals surface area contributed by atoms with Gasteiger partial charge in [-0.2, -0.15) is 0 Å². The van der Waals surface area contributed by atoms with Crippen LogP contribution in [0.4, 0.5) is 0 Å². The predicted molar refractivity (Wildman–Crippen MR) is 80.8 cm³/mol. The Hall–Kier alpha value is -1.81. The van der Waals surface area contributed by atoms with Gasteiger partial charge in [-0.3, -0.25) is 4.98 Å². The summed E-state index contributed by atoms with van der Waals surface area (Å²) in [5.74, 6) is 0. The van der Waals surface area contributed by atoms with Crippen LogP contribution in [0.3, 0.4) is 0 Å². The van der Waals surface area contributed by atoms with Gasteiger partial charge in [0.05, 0.1) is 9.79 Å². The van der Waals surface area contributed by atoms with Crippen LogP contribution in [0.25, 0.3) is 0 Å². The molecule has 1 aromatic carbocycles. The highest BCUT2D eigenvalue weighted by molar-refractivity contribution is 7.90. The zero-order valence-corrected chi connectivity index (χ0v) is 13.3. The molecule has 0 saturated heterocycles. The summed E-state index contributed by atoms with van der Waals surface area (Å²) in [5, 5.41) is 5.01. The van der Waals surface area contributed by atoms with Crippen molar-refractivity contribution in [3.05, 3.63) is 54.4 Å². The number of nitrogens with two attached hydrogens (primary N) is 1. The van der Waals surface area contributed by atoms with Crippen LogP contribution in [-0.4, -0.2) is 21.8 Å². The number of primary sulfonamides is 1. The molecule has 0 aliphatic carbocycles. The fourth-order valence-electron chi connectivity index (χ4n) is 1.82. The van der Waals surface area contributed by atoms with Crippen LogP contribution in [0.15, 0.2) is 58.6 Å². The van der Waals surface area contributed by atoms with Crippen LogP contribution in [-0.2, 0) is 20.0 Å². The topological polar surface area (TPSA) is 119 Å². The zero-order chi connectivity index (χ0) is 16.4. The van der Waals surface area contributed by atoms with E-state index in [1.54, 1.807) is 31.5 Å². The number of hydrogen-bond acceptors (Lipinski definition) is 5. The molecular formula is C13H15N3O4S2. The lowest BCUT2D eigenvalue weighted by Crippen LogP contribution is -2.27. The highest BCUT2D eigenvalue weighted by atomic mass is 32.2. The molecule has 2 rings (SSSR count). The highest BCUT2D eigenvalue weighted by Crippen LogP contribution is 2.18. The first-order chi connectivity index (χ1) is 10.2. The molecular weight excluding hydrogens is 326 g/mol. The molecule has 1 atom stereocenters. The number of nitrogens with zero attached hydrogens (tertiary/aromatic N) is 1. The van der Waals surface area contributed by atoms with Crippen molar-refractivity contribution in [1.82, 2.24) is 9.71 Å². The first-order valence-electron chi connectivity index (χ1n) is 6.25. The predicted octanol–water partition coefficient (Wildman–Crippen LogP) is 0.768. The Kier molecular flexibility index (Phi) is 4.61. The van der Waals surface area contributed by atoms with Crippen LogP contribution in [0.5, 0.6) is 0 Å². The molecule has 0 spiro atoms. The van der Waals surface area contributed by atoms with E-state index in [2.05, 4.69) is 9.71 Å². The maximum Gasteiger partial charge on any atom is 0.241 e. The van der Waals surface area contributed by atoms with Gasteiger partial charge in [-0.1, -0.05) is 12.1 Å². The summed E-state index contributed by atoms with van der Waals surface area (Å²) in [6.45, 7) is 1.66. The maximum atomic E-state index is 12.3. The quantitative estimate of drug-likeness (QED) is 0.832. The Bertz CT molecular complexity index is 865. The largest absolute Gasteiger partial charge is 0.264 e. The Balaban J connectivity index is 2.32. The summed E-state index contributed by atoms with van der Waals surface area (Å²) in [5.41, 5.74) is 0.689. The first kappa shape index (κ1) is 16.6. The van der Waals surface area contributed by atoms with E-state index in [-0.39, 0.29) is 9.79 Å². The lowest BCUT2D eigenvalue weighted by atomic mass is 10.2. The molecule has 0 fully saturated rings. The van der Waals surface area contributed by atoms with Gasteiger partial charge in [0, 0.05) is 18.4 Å². The average molecular weight is 341 g/mol. The first-order valence-corrected chi connectivity index (χ1v) is 9.28. The van der Waals surface area contributed by atoms with Crippen LogP contribution < -0.4 is 9.86 Å². The lowest BCUT2D eigenvalue weighted by Gasteiger charge is -2.14. The standard InChI is InChI=1S/C13H15N3O4S2/c1-10(11-4-3-7-15-9-11)16-22(19,20)13-6-2-5-12(8-13)21(14,17)18/h2-10,16H,1H3,(H2,14,17,18). The summed E-state index contributed by atoms with van der Waals surface area (Å²) in [7, 11) is -7.86. The molecule has 0 amide bonds. The molecule has 7 nitrogen and oxygen atoms in total. The molecule has 118 valence electrons. The molecule has 0 aliphatic heterocycles. The lowest BCUT2D eigenvalue weighted by molar-refractivity contribution is 0.566. The fraction of sp³-hybridized carbons (Fsp3) is 0.154. The summed E-state index contributed by atoms with van der Waals surface area (Å²) < 4.78 is 49.7. The zero-order valence-electron chi connectivity index (χ0n) is 11.7. The Morgan fingerprint density at radius 3 is 2.36 bits per heavy atom. The maximum absolute atomic E-state index is 12.3. The minimum absolute atomic E-state index is 0.172. The third-order valence-electron chi connectivity index (χ3n) is 2.96. The number of aromatic nitrogens is 1. The van der Waals surface area contributed by atoms with Crippen LogP contribution >= 0.6 is 0 Å². The van der Waals surface area contributed by atoms with Gasteiger partial charge in [-0.05, 0) is 36.8 Å². The molecule has 22 heavy (non-hydrogen) atoms. The van der Waals surface area contributed by atoms with E-state index in [0.717, 1.165) is 6.07 Å². The number of benzene rings is 1. The fourth-order valence-corrected chi connectivity index (χ4v) is 3.73. The normalized spacial score (nSPS) is 13.7.